The van der Waals surface area contributed by atoms with Crippen molar-refractivity contribution in [3.63, 3.8) is 0 Å². The first kappa shape index (κ1) is 13.9. The largest absolute Gasteiger partial charge is 0.376 e. The molecule has 0 radical (unpaired) electrons. The van der Waals surface area contributed by atoms with E-state index in [0.717, 1.165) is 0 Å². The number of hydrogen-bond acceptors (Lipinski definition) is 3. The SMILES string of the molecule is CC(C)(C)OCCC(O)OC(C)(C)C. The second-order valence-corrected chi connectivity index (χ2v) is 5.43. The van der Waals surface area contributed by atoms with Crippen molar-refractivity contribution in [1.29, 1.82) is 0 Å². The first-order valence-corrected chi connectivity index (χ1v) is 5.10. The molecule has 0 saturated heterocycles. The molecule has 0 bridgehead atoms. The van der Waals surface area contributed by atoms with Crippen molar-refractivity contribution in [3.05, 3.63) is 0 Å². The van der Waals surface area contributed by atoms with Gasteiger partial charge in [0.15, 0.2) is 6.29 Å². The molecular weight excluding hydrogens is 180 g/mol. The molecule has 1 N–H and O–H groups in total. The van der Waals surface area contributed by atoms with Gasteiger partial charge in [0.25, 0.3) is 0 Å². The van der Waals surface area contributed by atoms with Gasteiger partial charge in [-0.2, -0.15) is 0 Å². The van der Waals surface area contributed by atoms with Crippen LogP contribution in [0.5, 0.6) is 0 Å². The third-order valence-electron chi connectivity index (χ3n) is 1.39. The highest BCUT2D eigenvalue weighted by molar-refractivity contribution is 4.62. The summed E-state index contributed by atoms with van der Waals surface area (Å²) in [6, 6.07) is 0. The summed E-state index contributed by atoms with van der Waals surface area (Å²) in [5.41, 5.74) is -0.456. The summed E-state index contributed by atoms with van der Waals surface area (Å²) in [4.78, 5) is 0. The van der Waals surface area contributed by atoms with Gasteiger partial charge in [0.1, 0.15) is 0 Å². The van der Waals surface area contributed by atoms with Crippen molar-refractivity contribution in [2.45, 2.75) is 65.5 Å². The fourth-order valence-electron chi connectivity index (χ4n) is 0.933. The standard InChI is InChI=1S/C11H24O3/c1-10(2,3)13-8-7-9(12)14-11(4,5)6/h9,12H,7-8H2,1-6H3. The molecule has 0 aromatic rings. The summed E-state index contributed by atoms with van der Waals surface area (Å²) in [5, 5.41) is 9.48. The molecule has 0 aliphatic carbocycles. The lowest BCUT2D eigenvalue weighted by Gasteiger charge is -2.25. The van der Waals surface area contributed by atoms with E-state index >= 15 is 0 Å². The van der Waals surface area contributed by atoms with E-state index in [1.54, 1.807) is 0 Å². The predicted octanol–water partition coefficient (Wildman–Crippen LogP) is 2.33. The quantitative estimate of drug-likeness (QED) is 0.714. The van der Waals surface area contributed by atoms with Gasteiger partial charge >= 0.3 is 0 Å². The molecule has 3 heteroatoms. The van der Waals surface area contributed by atoms with Crippen LogP contribution in [0.25, 0.3) is 0 Å². The van der Waals surface area contributed by atoms with Crippen molar-refractivity contribution in [2.75, 3.05) is 6.61 Å². The Hall–Kier alpha value is -0.120. The smallest absolute Gasteiger partial charge is 0.157 e. The van der Waals surface area contributed by atoms with Crippen LogP contribution in [0.15, 0.2) is 0 Å². The molecule has 0 rings (SSSR count). The average Bonchev–Trinajstić information content (AvgIpc) is 1.78. The minimum absolute atomic E-state index is 0.151. The van der Waals surface area contributed by atoms with Gasteiger partial charge in [-0.3, -0.25) is 0 Å². The Morgan fingerprint density at radius 2 is 1.50 bits per heavy atom. The summed E-state index contributed by atoms with van der Waals surface area (Å²) >= 11 is 0. The maximum Gasteiger partial charge on any atom is 0.157 e. The molecule has 0 saturated carbocycles. The number of rotatable bonds is 4. The van der Waals surface area contributed by atoms with E-state index < -0.39 is 6.29 Å². The van der Waals surface area contributed by atoms with Gasteiger partial charge in [0, 0.05) is 6.42 Å². The second kappa shape index (κ2) is 5.10. The number of aliphatic hydroxyl groups is 1. The molecule has 0 aliphatic heterocycles. The first-order chi connectivity index (χ1) is 6.10. The average molecular weight is 204 g/mol. The van der Waals surface area contributed by atoms with Crippen LogP contribution in [0.3, 0.4) is 0 Å². The monoisotopic (exact) mass is 204 g/mol. The number of aliphatic hydroxyl groups excluding tert-OH is 1. The van der Waals surface area contributed by atoms with Crippen LogP contribution < -0.4 is 0 Å². The van der Waals surface area contributed by atoms with Gasteiger partial charge in [-0.15, -0.1) is 0 Å². The van der Waals surface area contributed by atoms with Gasteiger partial charge in [-0.1, -0.05) is 0 Å². The highest BCUT2D eigenvalue weighted by Crippen LogP contribution is 2.13. The summed E-state index contributed by atoms with van der Waals surface area (Å²) < 4.78 is 10.8. The fourth-order valence-corrected chi connectivity index (χ4v) is 0.933. The van der Waals surface area contributed by atoms with Gasteiger partial charge in [0.05, 0.1) is 17.8 Å². The Bertz CT molecular complexity index is 153. The maximum atomic E-state index is 9.48. The topological polar surface area (TPSA) is 38.7 Å². The molecule has 0 spiro atoms. The van der Waals surface area contributed by atoms with E-state index in [2.05, 4.69) is 0 Å². The molecule has 14 heavy (non-hydrogen) atoms. The second-order valence-electron chi connectivity index (χ2n) is 5.43. The lowest BCUT2D eigenvalue weighted by atomic mass is 10.2. The minimum Gasteiger partial charge on any atom is -0.376 e. The van der Waals surface area contributed by atoms with Gasteiger partial charge in [-0.05, 0) is 41.5 Å². The van der Waals surface area contributed by atoms with E-state index in [9.17, 15) is 5.11 Å². The lowest BCUT2D eigenvalue weighted by molar-refractivity contribution is -0.177. The van der Waals surface area contributed by atoms with E-state index in [4.69, 9.17) is 9.47 Å². The Balaban J connectivity index is 3.60. The molecule has 0 aromatic carbocycles. The number of ether oxygens (including phenoxy) is 2. The van der Waals surface area contributed by atoms with Crippen LogP contribution in [0.4, 0.5) is 0 Å². The highest BCUT2D eigenvalue weighted by Gasteiger charge is 2.17. The zero-order chi connectivity index (χ0) is 11.4. The summed E-state index contributed by atoms with van der Waals surface area (Å²) in [6.07, 6.45) is -0.230. The molecule has 3 nitrogen and oxygen atoms in total. The molecule has 0 heterocycles. The molecule has 0 fully saturated rings. The zero-order valence-corrected chi connectivity index (χ0v) is 10.3. The molecule has 0 aliphatic rings. The van der Waals surface area contributed by atoms with Crippen molar-refractivity contribution in [3.8, 4) is 0 Å². The van der Waals surface area contributed by atoms with Crippen LogP contribution in [-0.2, 0) is 9.47 Å². The van der Waals surface area contributed by atoms with Crippen LogP contribution in [0.1, 0.15) is 48.0 Å². The molecule has 1 atom stereocenters. The predicted molar refractivity (Wildman–Crippen MR) is 57.2 cm³/mol. The zero-order valence-electron chi connectivity index (χ0n) is 10.3. The van der Waals surface area contributed by atoms with E-state index in [1.165, 1.54) is 0 Å². The molecule has 1 unspecified atom stereocenters. The Labute approximate surface area is 87.4 Å². The Morgan fingerprint density at radius 1 is 1.00 bits per heavy atom. The lowest BCUT2D eigenvalue weighted by Crippen LogP contribution is -2.29. The normalized spacial score (nSPS) is 15.6. The van der Waals surface area contributed by atoms with E-state index in [-0.39, 0.29) is 11.2 Å². The third kappa shape index (κ3) is 9.96. The molecule has 86 valence electrons. The van der Waals surface area contributed by atoms with E-state index in [1.807, 2.05) is 41.5 Å². The maximum absolute atomic E-state index is 9.48. The summed E-state index contributed by atoms with van der Waals surface area (Å²) in [6.45, 7) is 12.2. The van der Waals surface area contributed by atoms with Crippen molar-refractivity contribution in [2.24, 2.45) is 0 Å². The van der Waals surface area contributed by atoms with Crippen LogP contribution in [0, 0.1) is 0 Å². The Morgan fingerprint density at radius 3 is 1.86 bits per heavy atom. The molecule has 0 amide bonds. The molecule has 0 aromatic heterocycles. The summed E-state index contributed by atoms with van der Waals surface area (Å²) in [5.74, 6) is 0. The van der Waals surface area contributed by atoms with Gasteiger partial charge in [0.2, 0.25) is 0 Å². The van der Waals surface area contributed by atoms with Gasteiger partial charge < -0.3 is 14.6 Å². The minimum atomic E-state index is -0.739. The summed E-state index contributed by atoms with van der Waals surface area (Å²) in [7, 11) is 0. The highest BCUT2D eigenvalue weighted by atomic mass is 16.6. The van der Waals surface area contributed by atoms with Crippen molar-refractivity contribution in [1.82, 2.24) is 0 Å². The van der Waals surface area contributed by atoms with Crippen LogP contribution >= 0.6 is 0 Å². The third-order valence-corrected chi connectivity index (χ3v) is 1.39. The Kier molecular flexibility index (Phi) is 5.06. The first-order valence-electron chi connectivity index (χ1n) is 5.10. The van der Waals surface area contributed by atoms with Gasteiger partial charge in [-0.25, -0.2) is 0 Å². The van der Waals surface area contributed by atoms with Crippen molar-refractivity contribution < 1.29 is 14.6 Å². The number of hydrogen-bond donors (Lipinski definition) is 1. The van der Waals surface area contributed by atoms with Crippen LogP contribution in [-0.4, -0.2) is 29.2 Å². The molecular formula is C11H24O3. The van der Waals surface area contributed by atoms with Crippen LogP contribution in [0.2, 0.25) is 0 Å². The van der Waals surface area contributed by atoms with Crippen molar-refractivity contribution >= 4 is 0 Å². The van der Waals surface area contributed by atoms with E-state index in [0.29, 0.717) is 13.0 Å². The fraction of sp³-hybridized carbons (Fsp3) is 1.00.